The number of nitrogens with zero attached hydrogens (tertiary/aromatic N) is 1. The van der Waals surface area contributed by atoms with Crippen LogP contribution >= 0.6 is 11.6 Å². The van der Waals surface area contributed by atoms with Gasteiger partial charge in [-0.1, -0.05) is 29.3 Å². The van der Waals surface area contributed by atoms with Crippen LogP contribution in [0.3, 0.4) is 0 Å². The number of sulfonamides is 1. The van der Waals surface area contributed by atoms with Gasteiger partial charge in [0.25, 0.3) is 10.0 Å². The molecule has 7 heteroatoms. The first kappa shape index (κ1) is 19.2. The van der Waals surface area contributed by atoms with Crippen molar-refractivity contribution in [1.29, 1.82) is 0 Å². The van der Waals surface area contributed by atoms with Gasteiger partial charge in [-0.25, -0.2) is 8.42 Å². The lowest BCUT2D eigenvalue weighted by molar-refractivity contribution is -0.0753. The zero-order valence-corrected chi connectivity index (χ0v) is 16.4. The Morgan fingerprint density at radius 3 is 2.62 bits per heavy atom. The molecule has 0 N–H and O–H groups in total. The third-order valence-corrected chi connectivity index (χ3v) is 6.49. The quantitative estimate of drug-likeness (QED) is 0.708. The molecule has 0 amide bonds. The SMILES string of the molecule is COCO[C@H]1CCCN(S(=O)(=O)c2ccc(C)cc2)c2ccc(Cl)cc21. The van der Waals surface area contributed by atoms with Gasteiger partial charge in [0.1, 0.15) is 6.79 Å². The number of rotatable bonds is 5. The molecular formula is C19H22ClNO4S. The Kier molecular flexibility index (Phi) is 5.87. The van der Waals surface area contributed by atoms with E-state index in [2.05, 4.69) is 0 Å². The van der Waals surface area contributed by atoms with E-state index < -0.39 is 10.0 Å². The summed E-state index contributed by atoms with van der Waals surface area (Å²) in [7, 11) is -2.11. The second-order valence-electron chi connectivity index (χ2n) is 6.30. The van der Waals surface area contributed by atoms with Crippen LogP contribution < -0.4 is 4.31 Å². The van der Waals surface area contributed by atoms with Gasteiger partial charge in [0, 0.05) is 24.2 Å². The number of hydrogen-bond acceptors (Lipinski definition) is 4. The molecule has 0 saturated heterocycles. The molecule has 0 aliphatic carbocycles. The van der Waals surface area contributed by atoms with E-state index in [1.807, 2.05) is 6.92 Å². The monoisotopic (exact) mass is 395 g/mol. The van der Waals surface area contributed by atoms with Crippen LogP contribution in [0.5, 0.6) is 0 Å². The molecule has 2 aromatic rings. The lowest BCUT2D eigenvalue weighted by Crippen LogP contribution is -2.31. The standard InChI is InChI=1S/C19H22ClNO4S/c1-14-5-8-16(9-6-14)26(22,23)21-11-3-4-19(25-13-24-2)17-12-15(20)7-10-18(17)21/h5-10,12,19H,3-4,11,13H2,1-2H3/t19-/m0/s1. The second kappa shape index (κ2) is 7.96. The summed E-state index contributed by atoms with van der Waals surface area (Å²) in [6.45, 7) is 2.45. The van der Waals surface area contributed by atoms with Gasteiger partial charge in [-0.15, -0.1) is 0 Å². The number of anilines is 1. The van der Waals surface area contributed by atoms with Crippen LogP contribution in [0.25, 0.3) is 0 Å². The number of halogens is 1. The molecule has 0 bridgehead atoms. The fourth-order valence-electron chi connectivity index (χ4n) is 3.12. The molecule has 5 nitrogen and oxygen atoms in total. The van der Waals surface area contributed by atoms with Crippen molar-refractivity contribution in [2.75, 3.05) is 24.8 Å². The molecule has 1 aliphatic heterocycles. The molecule has 0 aromatic heterocycles. The highest BCUT2D eigenvalue weighted by molar-refractivity contribution is 7.92. The smallest absolute Gasteiger partial charge is 0.264 e. The number of benzene rings is 2. The summed E-state index contributed by atoms with van der Waals surface area (Å²) in [5.74, 6) is 0. The van der Waals surface area contributed by atoms with Crippen LogP contribution in [-0.2, 0) is 19.5 Å². The number of hydrogen-bond donors (Lipinski definition) is 0. The van der Waals surface area contributed by atoms with Gasteiger partial charge in [0.05, 0.1) is 16.7 Å². The summed E-state index contributed by atoms with van der Waals surface area (Å²) in [5, 5.41) is 0.546. The average Bonchev–Trinajstić information content (AvgIpc) is 2.80. The third kappa shape index (κ3) is 3.88. The minimum Gasteiger partial charge on any atom is -0.359 e. The number of methoxy groups -OCH3 is 1. The molecule has 0 unspecified atom stereocenters. The van der Waals surface area contributed by atoms with Gasteiger partial charge >= 0.3 is 0 Å². The van der Waals surface area contributed by atoms with E-state index >= 15 is 0 Å². The summed E-state index contributed by atoms with van der Waals surface area (Å²) in [6, 6.07) is 12.1. The predicted octanol–water partition coefficient (Wildman–Crippen LogP) is 4.30. The van der Waals surface area contributed by atoms with Crippen LogP contribution in [-0.4, -0.2) is 28.9 Å². The van der Waals surface area contributed by atoms with Crippen molar-refractivity contribution in [2.45, 2.75) is 30.8 Å². The predicted molar refractivity (Wildman–Crippen MR) is 102 cm³/mol. The van der Waals surface area contributed by atoms with Crippen LogP contribution in [0.4, 0.5) is 5.69 Å². The van der Waals surface area contributed by atoms with E-state index in [9.17, 15) is 8.42 Å². The third-order valence-electron chi connectivity index (χ3n) is 4.43. The first-order chi connectivity index (χ1) is 12.4. The van der Waals surface area contributed by atoms with Gasteiger partial charge in [0.15, 0.2) is 0 Å². The highest BCUT2D eigenvalue weighted by atomic mass is 35.5. The Balaban J connectivity index is 2.06. The summed E-state index contributed by atoms with van der Waals surface area (Å²) in [6.07, 6.45) is 1.10. The Bertz CT molecular complexity index is 868. The first-order valence-electron chi connectivity index (χ1n) is 8.43. The summed E-state index contributed by atoms with van der Waals surface area (Å²) in [4.78, 5) is 0.278. The number of ether oxygens (including phenoxy) is 2. The van der Waals surface area contributed by atoms with Crippen LogP contribution in [0.2, 0.25) is 5.02 Å². The van der Waals surface area contributed by atoms with Gasteiger partial charge < -0.3 is 9.47 Å². The van der Waals surface area contributed by atoms with Gasteiger partial charge in [0.2, 0.25) is 0 Å². The van der Waals surface area contributed by atoms with Gasteiger partial charge in [-0.3, -0.25) is 4.31 Å². The van der Waals surface area contributed by atoms with Crippen molar-refractivity contribution in [1.82, 2.24) is 0 Å². The van der Waals surface area contributed by atoms with Crippen molar-refractivity contribution in [2.24, 2.45) is 0 Å². The van der Waals surface area contributed by atoms with Crippen LogP contribution in [0.1, 0.15) is 30.1 Å². The largest absolute Gasteiger partial charge is 0.359 e. The van der Waals surface area contributed by atoms with Gasteiger partial charge in [-0.2, -0.15) is 0 Å². The topological polar surface area (TPSA) is 55.8 Å². The van der Waals surface area contributed by atoms with Crippen molar-refractivity contribution < 1.29 is 17.9 Å². The average molecular weight is 396 g/mol. The molecule has 140 valence electrons. The van der Waals surface area contributed by atoms with Crippen molar-refractivity contribution in [3.8, 4) is 0 Å². The van der Waals surface area contributed by atoms with Crippen molar-refractivity contribution in [3.05, 3.63) is 58.6 Å². The highest BCUT2D eigenvalue weighted by Crippen LogP contribution is 2.39. The number of aryl methyl sites for hydroxylation is 1. The highest BCUT2D eigenvalue weighted by Gasteiger charge is 2.31. The van der Waals surface area contributed by atoms with Gasteiger partial charge in [-0.05, 0) is 50.1 Å². The maximum Gasteiger partial charge on any atom is 0.264 e. The zero-order chi connectivity index (χ0) is 18.7. The van der Waals surface area contributed by atoms with E-state index in [-0.39, 0.29) is 17.8 Å². The molecule has 3 rings (SSSR count). The molecule has 1 heterocycles. The Hall–Kier alpha value is -1.60. The minimum absolute atomic E-state index is 0.140. The van der Waals surface area contributed by atoms with E-state index in [0.29, 0.717) is 30.1 Å². The number of fused-ring (bicyclic) bond motifs is 1. The van der Waals surface area contributed by atoms with E-state index in [4.69, 9.17) is 21.1 Å². The van der Waals surface area contributed by atoms with Crippen molar-refractivity contribution in [3.63, 3.8) is 0 Å². The summed E-state index contributed by atoms with van der Waals surface area (Å²) >= 11 is 6.17. The Morgan fingerprint density at radius 2 is 1.92 bits per heavy atom. The van der Waals surface area contributed by atoms with Crippen LogP contribution in [0, 0.1) is 6.92 Å². The fraction of sp³-hybridized carbons (Fsp3) is 0.368. The molecule has 0 spiro atoms. The zero-order valence-electron chi connectivity index (χ0n) is 14.8. The maximum absolute atomic E-state index is 13.2. The molecule has 0 saturated carbocycles. The van der Waals surface area contributed by atoms with Crippen LogP contribution in [0.15, 0.2) is 47.4 Å². The molecule has 2 aromatic carbocycles. The summed E-state index contributed by atoms with van der Waals surface area (Å²) in [5.41, 5.74) is 2.39. The lowest BCUT2D eigenvalue weighted by atomic mass is 10.0. The molecule has 0 radical (unpaired) electrons. The van der Waals surface area contributed by atoms with E-state index in [1.165, 1.54) is 4.31 Å². The van der Waals surface area contributed by atoms with Crippen molar-refractivity contribution >= 4 is 27.3 Å². The molecule has 1 aliphatic rings. The van der Waals surface area contributed by atoms with E-state index in [0.717, 1.165) is 11.1 Å². The minimum atomic E-state index is -3.67. The lowest BCUT2D eigenvalue weighted by Gasteiger charge is -2.25. The molecular weight excluding hydrogens is 374 g/mol. The Labute approximate surface area is 159 Å². The maximum atomic E-state index is 13.2. The molecule has 26 heavy (non-hydrogen) atoms. The second-order valence-corrected chi connectivity index (χ2v) is 8.60. The summed E-state index contributed by atoms with van der Waals surface area (Å²) < 4.78 is 38.7. The normalized spacial score (nSPS) is 17.7. The molecule has 1 atom stereocenters. The van der Waals surface area contributed by atoms with E-state index in [1.54, 1.807) is 49.6 Å². The molecule has 0 fully saturated rings. The first-order valence-corrected chi connectivity index (χ1v) is 10.2. The Morgan fingerprint density at radius 1 is 1.19 bits per heavy atom. The fourth-order valence-corrected chi connectivity index (χ4v) is 4.83.